The molecular weight excluding hydrogens is 228 g/mol. The maximum atomic E-state index is 11.6. The maximum Gasteiger partial charge on any atom is 0.240 e. The highest BCUT2D eigenvalue weighted by molar-refractivity contribution is 5.86. The zero-order valence-corrected chi connectivity index (χ0v) is 10.7. The van der Waals surface area contributed by atoms with E-state index in [1.54, 1.807) is 0 Å². The Hall–Kier alpha value is -1.84. The number of nitrogens with two attached hydrogens (primary N) is 1. The van der Waals surface area contributed by atoms with Crippen LogP contribution in [0.1, 0.15) is 31.7 Å². The van der Waals surface area contributed by atoms with Crippen LogP contribution in [0.25, 0.3) is 0 Å². The van der Waals surface area contributed by atoms with Crippen molar-refractivity contribution in [3.63, 3.8) is 0 Å². The Kier molecular flexibility index (Phi) is 5.91. The van der Waals surface area contributed by atoms with E-state index in [0.717, 1.165) is 18.4 Å². The largest absolute Gasteiger partial charge is 0.368 e. The summed E-state index contributed by atoms with van der Waals surface area (Å²) in [5.74, 6) is -0.611. The second kappa shape index (κ2) is 7.48. The number of benzene rings is 1. The maximum absolute atomic E-state index is 11.6. The van der Waals surface area contributed by atoms with Crippen LogP contribution in [0.2, 0.25) is 0 Å². The Morgan fingerprint density at radius 1 is 1.28 bits per heavy atom. The molecule has 1 rings (SSSR count). The first-order valence-corrected chi connectivity index (χ1v) is 6.26. The van der Waals surface area contributed by atoms with Gasteiger partial charge in [0.2, 0.25) is 11.8 Å². The molecule has 3 N–H and O–H groups in total. The molecule has 0 bridgehead atoms. The first kappa shape index (κ1) is 14.2. The molecule has 0 aliphatic carbocycles. The number of primary amides is 1. The van der Waals surface area contributed by atoms with E-state index in [0.29, 0.717) is 12.8 Å². The van der Waals surface area contributed by atoms with Crippen LogP contribution in [0, 0.1) is 0 Å². The van der Waals surface area contributed by atoms with Gasteiger partial charge in [0.1, 0.15) is 6.04 Å². The topological polar surface area (TPSA) is 72.2 Å². The van der Waals surface area contributed by atoms with Crippen LogP contribution in [-0.4, -0.2) is 17.9 Å². The highest BCUT2D eigenvalue weighted by Gasteiger charge is 2.17. The van der Waals surface area contributed by atoms with Crippen molar-refractivity contribution in [2.75, 3.05) is 0 Å². The van der Waals surface area contributed by atoms with E-state index < -0.39 is 11.9 Å². The number of nitrogens with one attached hydrogen (secondary N) is 1. The predicted octanol–water partition coefficient (Wildman–Crippen LogP) is 1.39. The molecule has 4 nitrogen and oxygen atoms in total. The molecule has 1 aromatic carbocycles. The fourth-order valence-electron chi connectivity index (χ4n) is 1.68. The summed E-state index contributed by atoms with van der Waals surface area (Å²) in [6, 6.07) is 8.89. The molecule has 98 valence electrons. The normalized spacial score (nSPS) is 11.8. The average Bonchev–Trinajstić information content (AvgIpc) is 2.36. The van der Waals surface area contributed by atoms with E-state index in [1.807, 2.05) is 37.3 Å². The van der Waals surface area contributed by atoms with Crippen molar-refractivity contribution < 1.29 is 9.59 Å². The van der Waals surface area contributed by atoms with Gasteiger partial charge in [-0.05, 0) is 12.0 Å². The molecule has 4 heteroatoms. The summed E-state index contributed by atoms with van der Waals surface area (Å²) in [6.07, 6.45) is 2.65. The van der Waals surface area contributed by atoms with Gasteiger partial charge in [0.05, 0.1) is 0 Å². The SMILES string of the molecule is CCCCC(=O)NC(Cc1ccccc1)C(N)=O. The number of carbonyl (C=O) groups is 2. The van der Waals surface area contributed by atoms with E-state index >= 15 is 0 Å². The number of carbonyl (C=O) groups excluding carboxylic acids is 2. The van der Waals surface area contributed by atoms with E-state index in [4.69, 9.17) is 5.73 Å². The molecule has 0 fully saturated rings. The molecule has 0 saturated carbocycles. The van der Waals surface area contributed by atoms with Crippen molar-refractivity contribution in [3.8, 4) is 0 Å². The fourth-order valence-corrected chi connectivity index (χ4v) is 1.68. The van der Waals surface area contributed by atoms with Crippen LogP contribution in [0.15, 0.2) is 30.3 Å². The molecule has 0 radical (unpaired) electrons. The molecule has 0 saturated heterocycles. The van der Waals surface area contributed by atoms with Gasteiger partial charge in [-0.3, -0.25) is 9.59 Å². The van der Waals surface area contributed by atoms with Gasteiger partial charge in [0.25, 0.3) is 0 Å². The minimum absolute atomic E-state index is 0.114. The van der Waals surface area contributed by atoms with E-state index in [9.17, 15) is 9.59 Å². The highest BCUT2D eigenvalue weighted by atomic mass is 16.2. The first-order chi connectivity index (χ1) is 8.63. The lowest BCUT2D eigenvalue weighted by Gasteiger charge is -2.15. The molecule has 0 aliphatic rings. The van der Waals surface area contributed by atoms with E-state index in [2.05, 4.69) is 5.32 Å². The second-order valence-corrected chi connectivity index (χ2v) is 4.32. The van der Waals surface area contributed by atoms with Gasteiger partial charge in [-0.2, -0.15) is 0 Å². The van der Waals surface area contributed by atoms with Crippen molar-refractivity contribution in [3.05, 3.63) is 35.9 Å². The van der Waals surface area contributed by atoms with Crippen LogP contribution in [0.5, 0.6) is 0 Å². The van der Waals surface area contributed by atoms with Gasteiger partial charge in [0, 0.05) is 12.8 Å². The molecular formula is C14H20N2O2. The molecule has 2 amide bonds. The number of amides is 2. The van der Waals surface area contributed by atoms with Gasteiger partial charge in [0.15, 0.2) is 0 Å². The zero-order valence-electron chi connectivity index (χ0n) is 10.7. The Balaban J connectivity index is 2.55. The Bertz CT molecular complexity index is 390. The quantitative estimate of drug-likeness (QED) is 0.765. The van der Waals surface area contributed by atoms with E-state index in [-0.39, 0.29) is 5.91 Å². The summed E-state index contributed by atoms with van der Waals surface area (Å²) in [6.45, 7) is 2.02. The van der Waals surface area contributed by atoms with Crippen LogP contribution in [0.4, 0.5) is 0 Å². The lowest BCUT2D eigenvalue weighted by atomic mass is 10.1. The van der Waals surface area contributed by atoms with Crippen LogP contribution in [0.3, 0.4) is 0 Å². The fraction of sp³-hybridized carbons (Fsp3) is 0.429. The van der Waals surface area contributed by atoms with E-state index in [1.165, 1.54) is 0 Å². The number of hydrogen-bond acceptors (Lipinski definition) is 2. The average molecular weight is 248 g/mol. The summed E-state index contributed by atoms with van der Waals surface area (Å²) in [7, 11) is 0. The molecule has 1 atom stereocenters. The summed E-state index contributed by atoms with van der Waals surface area (Å²) in [5.41, 5.74) is 6.29. The van der Waals surface area contributed by atoms with Gasteiger partial charge in [-0.15, -0.1) is 0 Å². The molecule has 0 aromatic heterocycles. The third kappa shape index (κ3) is 4.99. The standard InChI is InChI=1S/C14H20N2O2/c1-2-3-9-13(17)16-12(14(15)18)10-11-7-5-4-6-8-11/h4-8,12H,2-3,9-10H2,1H3,(H2,15,18)(H,16,17). The second-order valence-electron chi connectivity index (χ2n) is 4.32. The monoisotopic (exact) mass is 248 g/mol. The molecule has 0 heterocycles. The van der Waals surface area contributed by atoms with Crippen LogP contribution in [-0.2, 0) is 16.0 Å². The first-order valence-electron chi connectivity index (χ1n) is 6.26. The van der Waals surface area contributed by atoms with Gasteiger partial charge < -0.3 is 11.1 Å². The highest BCUT2D eigenvalue weighted by Crippen LogP contribution is 2.04. The number of hydrogen-bond donors (Lipinski definition) is 2. The predicted molar refractivity (Wildman–Crippen MR) is 70.8 cm³/mol. The minimum atomic E-state index is -0.628. The summed E-state index contributed by atoms with van der Waals surface area (Å²) in [4.78, 5) is 22.9. The lowest BCUT2D eigenvalue weighted by molar-refractivity contribution is -0.127. The third-order valence-corrected chi connectivity index (χ3v) is 2.72. The van der Waals surface area contributed by atoms with Crippen LogP contribution < -0.4 is 11.1 Å². The smallest absolute Gasteiger partial charge is 0.240 e. The molecule has 0 aliphatic heterocycles. The van der Waals surface area contributed by atoms with Crippen molar-refractivity contribution in [2.45, 2.75) is 38.6 Å². The summed E-state index contributed by atoms with van der Waals surface area (Å²) < 4.78 is 0. The molecule has 0 spiro atoms. The van der Waals surface area contributed by atoms with Crippen molar-refractivity contribution in [2.24, 2.45) is 5.73 Å². The van der Waals surface area contributed by atoms with Crippen molar-refractivity contribution in [1.29, 1.82) is 0 Å². The van der Waals surface area contributed by atoms with Crippen molar-refractivity contribution >= 4 is 11.8 Å². The van der Waals surface area contributed by atoms with Gasteiger partial charge >= 0.3 is 0 Å². The van der Waals surface area contributed by atoms with Gasteiger partial charge in [-0.25, -0.2) is 0 Å². The summed E-state index contributed by atoms with van der Waals surface area (Å²) in [5, 5.41) is 2.69. The zero-order chi connectivity index (χ0) is 13.4. The van der Waals surface area contributed by atoms with Crippen molar-refractivity contribution in [1.82, 2.24) is 5.32 Å². The minimum Gasteiger partial charge on any atom is -0.368 e. The lowest BCUT2D eigenvalue weighted by Crippen LogP contribution is -2.45. The number of unbranched alkanes of at least 4 members (excludes halogenated alkanes) is 1. The van der Waals surface area contributed by atoms with Gasteiger partial charge in [-0.1, -0.05) is 43.7 Å². The molecule has 18 heavy (non-hydrogen) atoms. The van der Waals surface area contributed by atoms with Crippen LogP contribution >= 0.6 is 0 Å². The Morgan fingerprint density at radius 2 is 1.94 bits per heavy atom. The summed E-state index contributed by atoms with van der Waals surface area (Å²) >= 11 is 0. The third-order valence-electron chi connectivity index (χ3n) is 2.72. The molecule has 1 unspecified atom stereocenters. The molecule has 1 aromatic rings. The Morgan fingerprint density at radius 3 is 2.50 bits per heavy atom. The Labute approximate surface area is 108 Å². The number of rotatable bonds is 7.